The molecule has 0 bridgehead atoms. The summed E-state index contributed by atoms with van der Waals surface area (Å²) in [5.74, 6) is -0.869. The summed E-state index contributed by atoms with van der Waals surface area (Å²) < 4.78 is 41.6. The highest BCUT2D eigenvalue weighted by Crippen LogP contribution is 2.22. The second-order valence-corrected chi connectivity index (χ2v) is 6.83. The molecule has 1 N–H and O–H groups in total. The highest BCUT2D eigenvalue weighted by Gasteiger charge is 2.17. The lowest BCUT2D eigenvalue weighted by molar-refractivity contribution is 0.262. The van der Waals surface area contributed by atoms with E-state index in [-0.39, 0.29) is 24.7 Å². The van der Waals surface area contributed by atoms with E-state index in [9.17, 15) is 12.8 Å². The molecule has 18 heavy (non-hydrogen) atoms. The van der Waals surface area contributed by atoms with Crippen LogP contribution in [0.1, 0.15) is 19.4 Å². The van der Waals surface area contributed by atoms with Crippen molar-refractivity contribution in [2.75, 3.05) is 12.4 Å². The summed E-state index contributed by atoms with van der Waals surface area (Å²) in [4.78, 5) is 0. The van der Waals surface area contributed by atoms with Crippen molar-refractivity contribution in [1.29, 1.82) is 0 Å². The Bertz CT molecular complexity index is 497. The van der Waals surface area contributed by atoms with E-state index in [1.807, 2.05) is 0 Å². The summed E-state index contributed by atoms with van der Waals surface area (Å²) in [5, 5.41) is 8.54. The zero-order chi connectivity index (χ0) is 13.8. The highest BCUT2D eigenvalue weighted by atomic mass is 32.2. The molecule has 4 nitrogen and oxygen atoms in total. The molecule has 0 saturated carbocycles. The van der Waals surface area contributed by atoms with Crippen molar-refractivity contribution in [2.45, 2.75) is 25.7 Å². The second kappa shape index (κ2) is 6.15. The Hall–Kier alpha value is -1.14. The third-order valence-electron chi connectivity index (χ3n) is 2.55. The lowest BCUT2D eigenvalue weighted by atomic mass is 10.2. The van der Waals surface area contributed by atoms with Gasteiger partial charge in [-0.3, -0.25) is 0 Å². The summed E-state index contributed by atoms with van der Waals surface area (Å²) in [5.41, 5.74) is 0.303. The fourth-order valence-electron chi connectivity index (χ4n) is 1.34. The first-order valence-corrected chi connectivity index (χ1v) is 7.32. The molecule has 0 heterocycles. The Morgan fingerprint density at radius 1 is 1.39 bits per heavy atom. The van der Waals surface area contributed by atoms with Crippen LogP contribution in [0.25, 0.3) is 0 Å². The van der Waals surface area contributed by atoms with Crippen LogP contribution < -0.4 is 4.74 Å². The van der Waals surface area contributed by atoms with E-state index in [2.05, 4.69) is 0 Å². The number of hydrogen-bond donors (Lipinski definition) is 1. The topological polar surface area (TPSA) is 63.6 Å². The van der Waals surface area contributed by atoms with Gasteiger partial charge < -0.3 is 9.84 Å². The minimum atomic E-state index is -3.21. The number of aliphatic hydroxyl groups is 1. The zero-order valence-electron chi connectivity index (χ0n) is 10.4. The molecule has 0 aliphatic rings. The van der Waals surface area contributed by atoms with E-state index in [0.29, 0.717) is 5.56 Å². The van der Waals surface area contributed by atoms with E-state index in [1.54, 1.807) is 13.8 Å². The van der Waals surface area contributed by atoms with Crippen LogP contribution in [0.3, 0.4) is 0 Å². The summed E-state index contributed by atoms with van der Waals surface area (Å²) in [7, 11) is -3.21. The number of hydrogen-bond acceptors (Lipinski definition) is 4. The highest BCUT2D eigenvalue weighted by molar-refractivity contribution is 7.91. The normalized spacial score (nSPS) is 11.8. The largest absolute Gasteiger partial charge is 0.489 e. The van der Waals surface area contributed by atoms with Gasteiger partial charge in [0.15, 0.2) is 21.4 Å². The van der Waals surface area contributed by atoms with Gasteiger partial charge in [-0.15, -0.1) is 0 Å². The van der Waals surface area contributed by atoms with Crippen molar-refractivity contribution in [3.63, 3.8) is 0 Å². The third kappa shape index (κ3) is 3.68. The maximum Gasteiger partial charge on any atom is 0.165 e. The van der Waals surface area contributed by atoms with E-state index in [4.69, 9.17) is 9.84 Å². The van der Waals surface area contributed by atoms with Gasteiger partial charge in [-0.25, -0.2) is 12.8 Å². The van der Waals surface area contributed by atoms with Crippen molar-refractivity contribution in [1.82, 2.24) is 0 Å². The van der Waals surface area contributed by atoms with Crippen molar-refractivity contribution in [3.05, 3.63) is 29.6 Å². The van der Waals surface area contributed by atoms with Crippen molar-refractivity contribution >= 4 is 9.84 Å². The van der Waals surface area contributed by atoms with Crippen molar-refractivity contribution < 1.29 is 22.7 Å². The van der Waals surface area contributed by atoms with Crippen molar-refractivity contribution in [2.24, 2.45) is 0 Å². The smallest absolute Gasteiger partial charge is 0.165 e. The summed E-state index contributed by atoms with van der Waals surface area (Å²) in [6.45, 7) is 2.67. The van der Waals surface area contributed by atoms with Gasteiger partial charge in [-0.2, -0.15) is 0 Å². The molecule has 0 saturated heterocycles. The standard InChI is InChI=1S/C12H17FO4S/c1-9(2)18(15,16)7-6-17-12-10(8-14)4-3-5-11(12)13/h3-5,9,14H,6-8H2,1-2H3. The first-order chi connectivity index (χ1) is 8.38. The summed E-state index contributed by atoms with van der Waals surface area (Å²) in [6.07, 6.45) is 0. The van der Waals surface area contributed by atoms with Crippen LogP contribution in [-0.2, 0) is 16.4 Å². The number of aliphatic hydroxyl groups excluding tert-OH is 1. The Labute approximate surface area is 106 Å². The predicted molar refractivity (Wildman–Crippen MR) is 66.7 cm³/mol. The molecule has 0 radical (unpaired) electrons. The van der Waals surface area contributed by atoms with Gasteiger partial charge in [0, 0.05) is 5.56 Å². The average Bonchev–Trinajstić information content (AvgIpc) is 2.30. The Morgan fingerprint density at radius 3 is 2.61 bits per heavy atom. The van der Waals surface area contributed by atoms with Gasteiger partial charge in [0.2, 0.25) is 0 Å². The third-order valence-corrected chi connectivity index (χ3v) is 4.72. The lowest BCUT2D eigenvalue weighted by Gasteiger charge is -2.12. The number of rotatable bonds is 6. The fraction of sp³-hybridized carbons (Fsp3) is 0.500. The number of sulfone groups is 1. The number of benzene rings is 1. The van der Waals surface area contributed by atoms with Crippen LogP contribution in [0.5, 0.6) is 5.75 Å². The van der Waals surface area contributed by atoms with Crippen LogP contribution in [0.15, 0.2) is 18.2 Å². The van der Waals surface area contributed by atoms with E-state index >= 15 is 0 Å². The summed E-state index contributed by atoms with van der Waals surface area (Å²) >= 11 is 0. The van der Waals surface area contributed by atoms with Crippen LogP contribution in [0.4, 0.5) is 4.39 Å². The fourth-order valence-corrected chi connectivity index (χ4v) is 2.12. The molecular weight excluding hydrogens is 259 g/mol. The monoisotopic (exact) mass is 276 g/mol. The molecule has 0 atom stereocenters. The minimum Gasteiger partial charge on any atom is -0.489 e. The second-order valence-electron chi connectivity index (χ2n) is 4.15. The zero-order valence-corrected chi connectivity index (χ0v) is 11.2. The number of halogens is 1. The molecule has 0 aliphatic carbocycles. The summed E-state index contributed by atoms with van der Waals surface area (Å²) in [6, 6.07) is 4.18. The van der Waals surface area contributed by atoms with E-state index < -0.39 is 20.9 Å². The molecule has 102 valence electrons. The molecule has 0 aromatic heterocycles. The first kappa shape index (κ1) is 14.9. The lowest BCUT2D eigenvalue weighted by Crippen LogP contribution is -2.22. The van der Waals surface area contributed by atoms with E-state index in [0.717, 1.165) is 0 Å². The molecule has 0 fully saturated rings. The number of para-hydroxylation sites is 1. The Kier molecular flexibility index (Phi) is 5.10. The van der Waals surface area contributed by atoms with Crippen LogP contribution in [0.2, 0.25) is 0 Å². The van der Waals surface area contributed by atoms with Gasteiger partial charge in [0.1, 0.15) is 6.61 Å². The first-order valence-electron chi connectivity index (χ1n) is 5.61. The molecule has 1 rings (SSSR count). The molecule has 1 aromatic carbocycles. The van der Waals surface area contributed by atoms with Crippen molar-refractivity contribution in [3.8, 4) is 5.75 Å². The molecule has 0 unspecified atom stereocenters. The van der Waals surface area contributed by atoms with Crippen LogP contribution in [0, 0.1) is 5.82 Å². The number of ether oxygens (including phenoxy) is 1. The molecule has 0 aliphatic heterocycles. The minimum absolute atomic E-state index is 0.0843. The molecule has 0 spiro atoms. The average molecular weight is 276 g/mol. The van der Waals surface area contributed by atoms with Crippen LogP contribution in [-0.4, -0.2) is 31.1 Å². The Balaban J connectivity index is 2.70. The van der Waals surface area contributed by atoms with Gasteiger partial charge in [-0.1, -0.05) is 12.1 Å². The molecule has 0 amide bonds. The SMILES string of the molecule is CC(C)S(=O)(=O)CCOc1c(F)cccc1CO. The predicted octanol–water partition coefficient (Wildman–Crippen LogP) is 1.52. The molecule has 1 aromatic rings. The van der Waals surface area contributed by atoms with Gasteiger partial charge in [0.05, 0.1) is 17.6 Å². The van der Waals surface area contributed by atoms with Gasteiger partial charge >= 0.3 is 0 Å². The Morgan fingerprint density at radius 2 is 2.06 bits per heavy atom. The quantitative estimate of drug-likeness (QED) is 0.855. The maximum atomic E-state index is 13.4. The molecular formula is C12H17FO4S. The van der Waals surface area contributed by atoms with Gasteiger partial charge in [-0.05, 0) is 19.9 Å². The van der Waals surface area contributed by atoms with Crippen LogP contribution >= 0.6 is 0 Å². The van der Waals surface area contributed by atoms with Gasteiger partial charge in [0.25, 0.3) is 0 Å². The van der Waals surface area contributed by atoms with E-state index in [1.165, 1.54) is 18.2 Å². The maximum absolute atomic E-state index is 13.4. The molecule has 6 heteroatoms.